The Labute approximate surface area is 162 Å². The first kappa shape index (κ1) is 18.1. The monoisotopic (exact) mass is 401 g/mol. The third kappa shape index (κ3) is 2.89. The fourth-order valence-corrected chi connectivity index (χ4v) is 3.30. The van der Waals surface area contributed by atoms with Crippen LogP contribution in [0.4, 0.5) is 8.78 Å². The second-order valence-electron chi connectivity index (χ2n) is 5.84. The number of aromatic nitrogens is 3. The predicted octanol–water partition coefficient (Wildman–Crippen LogP) is 4.65. The van der Waals surface area contributed by atoms with E-state index in [-0.39, 0.29) is 21.5 Å². The Balaban J connectivity index is 2.20. The number of fused-ring (bicyclic) bond motifs is 1. The summed E-state index contributed by atoms with van der Waals surface area (Å²) >= 11 is 5.31. The van der Waals surface area contributed by atoms with Crippen LogP contribution in [0.1, 0.15) is 12.0 Å². The molecule has 1 aromatic carbocycles. The van der Waals surface area contributed by atoms with Crippen molar-refractivity contribution in [2.75, 3.05) is 7.11 Å². The number of aromatic amines is 1. The lowest BCUT2D eigenvalue weighted by Crippen LogP contribution is -2.17. The molecule has 0 aliphatic heterocycles. The van der Waals surface area contributed by atoms with Crippen LogP contribution < -0.4 is 10.3 Å². The summed E-state index contributed by atoms with van der Waals surface area (Å²) in [4.78, 5) is 19.4. The Morgan fingerprint density at radius 1 is 1.25 bits per heavy atom. The predicted molar refractivity (Wildman–Crippen MR) is 102 cm³/mol. The van der Waals surface area contributed by atoms with E-state index in [1.165, 1.54) is 17.9 Å². The highest BCUT2D eigenvalue weighted by atomic mass is 32.1. The van der Waals surface area contributed by atoms with Crippen LogP contribution in [0, 0.1) is 4.77 Å². The molecular weight excluding hydrogens is 388 g/mol. The molecule has 0 aliphatic carbocycles. The fraction of sp³-hybridized carbons (Fsp3) is 0.105. The molecule has 0 amide bonds. The zero-order valence-electron chi connectivity index (χ0n) is 14.5. The molecule has 28 heavy (non-hydrogen) atoms. The van der Waals surface area contributed by atoms with Gasteiger partial charge in [-0.1, -0.05) is 12.1 Å². The van der Waals surface area contributed by atoms with E-state index in [1.807, 2.05) is 0 Å². The molecule has 0 radical (unpaired) electrons. The molecule has 0 spiro atoms. The van der Waals surface area contributed by atoms with Crippen LogP contribution in [0.3, 0.4) is 0 Å². The van der Waals surface area contributed by atoms with E-state index in [1.54, 1.807) is 36.4 Å². The molecule has 3 aromatic heterocycles. The third-order valence-electron chi connectivity index (χ3n) is 4.23. The van der Waals surface area contributed by atoms with Gasteiger partial charge in [0.05, 0.1) is 24.4 Å². The maximum absolute atomic E-state index is 13.8. The van der Waals surface area contributed by atoms with Gasteiger partial charge in [0.2, 0.25) is 0 Å². The smallest absolute Gasteiger partial charge is 0.264 e. The summed E-state index contributed by atoms with van der Waals surface area (Å²) < 4.78 is 39.7. The SMILES string of the molecule is COc1ccccc1-n1c(=S)[nH]c(=O)c2c(C(F)F)cc(-c3ccco3)nc21. The van der Waals surface area contributed by atoms with Crippen LogP contribution in [0.2, 0.25) is 0 Å². The van der Waals surface area contributed by atoms with Crippen LogP contribution in [0.5, 0.6) is 5.75 Å². The maximum atomic E-state index is 13.8. The second-order valence-corrected chi connectivity index (χ2v) is 6.23. The summed E-state index contributed by atoms with van der Waals surface area (Å²) in [7, 11) is 1.47. The highest BCUT2D eigenvalue weighted by molar-refractivity contribution is 7.71. The van der Waals surface area contributed by atoms with Gasteiger partial charge in [0.1, 0.15) is 11.4 Å². The first-order chi connectivity index (χ1) is 13.5. The molecule has 0 saturated carbocycles. The zero-order valence-corrected chi connectivity index (χ0v) is 15.3. The summed E-state index contributed by atoms with van der Waals surface area (Å²) in [5, 5.41) is -0.246. The van der Waals surface area contributed by atoms with Gasteiger partial charge in [0.15, 0.2) is 16.2 Å². The van der Waals surface area contributed by atoms with Gasteiger partial charge in [-0.15, -0.1) is 0 Å². The van der Waals surface area contributed by atoms with Gasteiger partial charge in [0, 0.05) is 5.56 Å². The van der Waals surface area contributed by atoms with Crippen molar-refractivity contribution in [1.29, 1.82) is 0 Å². The molecule has 4 aromatic rings. The quantitative estimate of drug-likeness (QED) is 0.504. The van der Waals surface area contributed by atoms with E-state index >= 15 is 0 Å². The minimum Gasteiger partial charge on any atom is -0.495 e. The number of furan rings is 1. The average molecular weight is 401 g/mol. The molecule has 0 saturated heterocycles. The number of ether oxygens (including phenoxy) is 1. The van der Waals surface area contributed by atoms with Crippen molar-refractivity contribution in [2.24, 2.45) is 0 Å². The third-order valence-corrected chi connectivity index (χ3v) is 4.51. The Morgan fingerprint density at radius 2 is 2.04 bits per heavy atom. The van der Waals surface area contributed by atoms with E-state index in [4.69, 9.17) is 21.4 Å². The molecule has 6 nitrogen and oxygen atoms in total. The summed E-state index contributed by atoms with van der Waals surface area (Å²) in [6, 6.07) is 11.2. The Morgan fingerprint density at radius 3 is 2.71 bits per heavy atom. The van der Waals surface area contributed by atoms with Crippen LogP contribution in [0.15, 0.2) is 57.9 Å². The number of hydrogen-bond acceptors (Lipinski definition) is 5. The molecule has 1 N–H and O–H groups in total. The first-order valence-electron chi connectivity index (χ1n) is 8.16. The summed E-state index contributed by atoms with van der Waals surface area (Å²) in [6.07, 6.45) is -1.49. The number of nitrogens with zero attached hydrogens (tertiary/aromatic N) is 2. The van der Waals surface area contributed by atoms with Gasteiger partial charge in [-0.25, -0.2) is 13.8 Å². The highest BCUT2D eigenvalue weighted by Crippen LogP contribution is 2.32. The maximum Gasteiger partial charge on any atom is 0.264 e. The van der Waals surface area contributed by atoms with Crippen molar-refractivity contribution >= 4 is 23.3 Å². The molecule has 9 heteroatoms. The topological polar surface area (TPSA) is 73.0 Å². The molecule has 0 fully saturated rings. The first-order valence-corrected chi connectivity index (χ1v) is 8.57. The Bertz CT molecular complexity index is 1280. The Kier molecular flexibility index (Phi) is 4.52. The molecule has 0 bridgehead atoms. The molecule has 142 valence electrons. The molecular formula is C19H13F2N3O3S. The highest BCUT2D eigenvalue weighted by Gasteiger charge is 2.22. The summed E-state index contributed by atoms with van der Waals surface area (Å²) in [6.45, 7) is 0. The summed E-state index contributed by atoms with van der Waals surface area (Å²) in [5.74, 6) is 0.734. The van der Waals surface area contributed by atoms with E-state index < -0.39 is 17.5 Å². The lowest BCUT2D eigenvalue weighted by Gasteiger charge is -2.16. The number of hydrogen-bond donors (Lipinski definition) is 1. The molecule has 4 rings (SSSR count). The molecule has 0 aliphatic rings. The molecule has 0 unspecified atom stereocenters. The van der Waals surface area contributed by atoms with Gasteiger partial charge in [0.25, 0.3) is 12.0 Å². The number of pyridine rings is 1. The van der Waals surface area contributed by atoms with Crippen molar-refractivity contribution in [2.45, 2.75) is 6.43 Å². The number of para-hydroxylation sites is 2. The number of nitrogens with one attached hydrogen (secondary N) is 1. The van der Waals surface area contributed by atoms with Gasteiger partial charge in [-0.3, -0.25) is 14.3 Å². The van der Waals surface area contributed by atoms with Crippen molar-refractivity contribution < 1.29 is 17.9 Å². The fourth-order valence-electron chi connectivity index (χ4n) is 3.02. The van der Waals surface area contributed by atoms with Gasteiger partial charge >= 0.3 is 0 Å². The lowest BCUT2D eigenvalue weighted by atomic mass is 10.1. The van der Waals surface area contributed by atoms with E-state index in [0.717, 1.165) is 6.07 Å². The van der Waals surface area contributed by atoms with Crippen molar-refractivity contribution in [1.82, 2.24) is 14.5 Å². The van der Waals surface area contributed by atoms with Crippen molar-refractivity contribution in [3.63, 3.8) is 0 Å². The van der Waals surface area contributed by atoms with Crippen LogP contribution in [-0.4, -0.2) is 21.6 Å². The lowest BCUT2D eigenvalue weighted by molar-refractivity contribution is 0.153. The molecule has 3 heterocycles. The number of halogens is 2. The number of H-pyrrole nitrogens is 1. The van der Waals surface area contributed by atoms with E-state index in [0.29, 0.717) is 17.2 Å². The van der Waals surface area contributed by atoms with Crippen molar-refractivity contribution in [3.05, 3.63) is 69.4 Å². The number of methoxy groups -OCH3 is 1. The average Bonchev–Trinajstić information content (AvgIpc) is 3.22. The van der Waals surface area contributed by atoms with E-state index in [9.17, 15) is 13.6 Å². The second kappa shape index (κ2) is 7.01. The Hall–Kier alpha value is -3.33. The normalized spacial score (nSPS) is 11.3. The number of rotatable bonds is 4. The minimum absolute atomic E-state index is 0.00584. The van der Waals surface area contributed by atoms with Crippen LogP contribution >= 0.6 is 12.2 Å². The standard InChI is InChI=1S/C19H13F2N3O3S/c1-26-14-6-3-2-5-12(14)24-17-15(18(25)23-19(24)28)10(16(20)21)9-11(22-17)13-7-4-8-27-13/h2-9,16H,1H3,(H,23,25,28). The van der Waals surface area contributed by atoms with Gasteiger partial charge < -0.3 is 9.15 Å². The summed E-state index contributed by atoms with van der Waals surface area (Å²) in [5.41, 5.74) is -0.587. The minimum atomic E-state index is -2.90. The zero-order chi connectivity index (χ0) is 19.8. The number of benzene rings is 1. The molecule has 0 atom stereocenters. The van der Waals surface area contributed by atoms with Crippen molar-refractivity contribution in [3.8, 4) is 22.9 Å². The largest absolute Gasteiger partial charge is 0.495 e. The van der Waals surface area contributed by atoms with Crippen LogP contribution in [0.25, 0.3) is 28.2 Å². The van der Waals surface area contributed by atoms with Gasteiger partial charge in [-0.2, -0.15) is 0 Å². The van der Waals surface area contributed by atoms with Gasteiger partial charge in [-0.05, 0) is 42.5 Å². The van der Waals surface area contributed by atoms with Crippen LogP contribution in [-0.2, 0) is 0 Å². The van der Waals surface area contributed by atoms with E-state index in [2.05, 4.69) is 9.97 Å². The number of alkyl halides is 2.